The van der Waals surface area contributed by atoms with Gasteiger partial charge in [0.15, 0.2) is 0 Å². The van der Waals surface area contributed by atoms with Gasteiger partial charge in [0.25, 0.3) is 0 Å². The Hall–Kier alpha value is -1.96. The number of likely N-dealkylation sites (N-methyl/N-ethyl adjacent to an activating group) is 1. The molecule has 0 radical (unpaired) electrons. The zero-order valence-electron chi connectivity index (χ0n) is 14.7. The molecule has 1 aromatic carbocycles. The number of benzene rings is 1. The van der Waals surface area contributed by atoms with Crippen LogP contribution in [0.5, 0.6) is 0 Å². The number of nitrogens with one attached hydrogen (secondary N) is 2. The fourth-order valence-electron chi connectivity index (χ4n) is 2.20. The van der Waals surface area contributed by atoms with E-state index in [1.807, 2.05) is 25.1 Å². The molecule has 2 amide bonds. The molecule has 6 nitrogen and oxygen atoms in total. The first-order valence-electron chi connectivity index (χ1n) is 7.95. The lowest BCUT2D eigenvalue weighted by Crippen LogP contribution is -2.43. The fraction of sp³-hybridized carbons (Fsp3) is 0.278. The number of carbonyl (C=O) groups excluding carboxylic acids is 2. The summed E-state index contributed by atoms with van der Waals surface area (Å²) in [5.74, 6) is -0.0354. The van der Waals surface area contributed by atoms with Gasteiger partial charge in [-0.3, -0.25) is 14.5 Å². The van der Waals surface area contributed by atoms with E-state index in [2.05, 4.69) is 31.5 Å². The number of hydrogen-bond acceptors (Lipinski definition) is 4. The van der Waals surface area contributed by atoms with Crippen molar-refractivity contribution in [2.45, 2.75) is 19.9 Å². The molecule has 0 aliphatic rings. The van der Waals surface area contributed by atoms with Crippen molar-refractivity contribution in [3.63, 3.8) is 0 Å². The Morgan fingerprint density at radius 2 is 2.00 bits per heavy atom. The van der Waals surface area contributed by atoms with Crippen molar-refractivity contribution in [3.05, 3.63) is 51.6 Å². The van der Waals surface area contributed by atoms with Crippen LogP contribution in [0.1, 0.15) is 12.5 Å². The van der Waals surface area contributed by atoms with Gasteiger partial charge in [0.1, 0.15) is 5.82 Å². The summed E-state index contributed by atoms with van der Waals surface area (Å²) in [4.78, 5) is 30.3. The topological polar surface area (TPSA) is 74.3 Å². The Morgan fingerprint density at radius 3 is 2.62 bits per heavy atom. The smallest absolute Gasteiger partial charge is 0.242 e. The second kappa shape index (κ2) is 9.12. The monoisotopic (exact) mass is 438 g/mol. The molecule has 2 N–H and O–H groups in total. The first kappa shape index (κ1) is 20.4. The van der Waals surface area contributed by atoms with Crippen LogP contribution in [0.25, 0.3) is 0 Å². The van der Waals surface area contributed by atoms with E-state index in [1.165, 1.54) is 6.20 Å². The predicted molar refractivity (Wildman–Crippen MR) is 107 cm³/mol. The zero-order valence-corrected chi connectivity index (χ0v) is 17.1. The summed E-state index contributed by atoms with van der Waals surface area (Å²) in [6.45, 7) is 3.72. The lowest BCUT2D eigenvalue weighted by atomic mass is 10.2. The van der Waals surface area contributed by atoms with Crippen LogP contribution in [0, 0.1) is 6.92 Å². The molecule has 0 aliphatic carbocycles. The summed E-state index contributed by atoms with van der Waals surface area (Å²) in [5.41, 5.74) is 1.70. The van der Waals surface area contributed by atoms with E-state index in [0.29, 0.717) is 10.8 Å². The molecule has 0 bridgehead atoms. The third-order valence-electron chi connectivity index (χ3n) is 3.87. The maximum absolute atomic E-state index is 12.3. The summed E-state index contributed by atoms with van der Waals surface area (Å²) in [5, 5.41) is 6.05. The third kappa shape index (κ3) is 5.79. The summed E-state index contributed by atoms with van der Waals surface area (Å²) < 4.78 is 0.950. The molecule has 0 saturated carbocycles. The van der Waals surface area contributed by atoms with Gasteiger partial charge in [-0.2, -0.15) is 0 Å². The third-order valence-corrected chi connectivity index (χ3v) is 4.59. The van der Waals surface area contributed by atoms with Gasteiger partial charge in [0.05, 0.1) is 17.6 Å². The predicted octanol–water partition coefficient (Wildman–Crippen LogP) is 3.70. The van der Waals surface area contributed by atoms with Crippen LogP contribution >= 0.6 is 27.5 Å². The van der Waals surface area contributed by atoms with E-state index in [0.717, 1.165) is 15.7 Å². The molecular formula is C18H20BrClN4O2. The number of pyridine rings is 1. The molecule has 138 valence electrons. The van der Waals surface area contributed by atoms with Gasteiger partial charge in [-0.1, -0.05) is 27.5 Å². The Balaban J connectivity index is 1.90. The highest BCUT2D eigenvalue weighted by Crippen LogP contribution is 2.20. The molecule has 0 fully saturated rings. The second-order valence-electron chi connectivity index (χ2n) is 5.95. The molecule has 0 unspecified atom stereocenters. The van der Waals surface area contributed by atoms with Crippen LogP contribution in [0.4, 0.5) is 11.5 Å². The van der Waals surface area contributed by atoms with E-state index in [9.17, 15) is 9.59 Å². The van der Waals surface area contributed by atoms with E-state index in [1.54, 1.807) is 31.0 Å². The van der Waals surface area contributed by atoms with Crippen molar-refractivity contribution in [3.8, 4) is 0 Å². The number of rotatable bonds is 6. The Morgan fingerprint density at radius 1 is 1.27 bits per heavy atom. The minimum atomic E-state index is -0.510. The van der Waals surface area contributed by atoms with Crippen LogP contribution in [-0.2, 0) is 9.59 Å². The molecule has 8 heteroatoms. The number of hydrogen-bond donors (Lipinski definition) is 2. The van der Waals surface area contributed by atoms with Gasteiger partial charge >= 0.3 is 0 Å². The summed E-state index contributed by atoms with van der Waals surface area (Å²) in [7, 11) is 1.72. The summed E-state index contributed by atoms with van der Waals surface area (Å²) in [6.07, 6.45) is 1.46. The van der Waals surface area contributed by atoms with E-state index in [-0.39, 0.29) is 18.4 Å². The highest BCUT2D eigenvalue weighted by molar-refractivity contribution is 9.10. The van der Waals surface area contributed by atoms with Crippen molar-refractivity contribution in [1.29, 1.82) is 0 Å². The Kier molecular flexibility index (Phi) is 7.14. The molecule has 26 heavy (non-hydrogen) atoms. The van der Waals surface area contributed by atoms with Crippen molar-refractivity contribution in [1.82, 2.24) is 9.88 Å². The van der Waals surface area contributed by atoms with Crippen LogP contribution in [-0.4, -0.2) is 41.3 Å². The van der Waals surface area contributed by atoms with Crippen LogP contribution in [0.3, 0.4) is 0 Å². The van der Waals surface area contributed by atoms with Crippen molar-refractivity contribution < 1.29 is 9.59 Å². The molecule has 2 rings (SSSR count). The van der Waals surface area contributed by atoms with E-state index < -0.39 is 6.04 Å². The van der Waals surface area contributed by atoms with Crippen LogP contribution in [0.15, 0.2) is 41.0 Å². The van der Waals surface area contributed by atoms with Gasteiger partial charge in [0, 0.05) is 16.4 Å². The normalized spacial score (nSPS) is 11.9. The molecule has 0 aliphatic heterocycles. The van der Waals surface area contributed by atoms with Crippen molar-refractivity contribution in [2.75, 3.05) is 24.2 Å². The number of carbonyl (C=O) groups is 2. The second-order valence-corrected chi connectivity index (χ2v) is 7.30. The average Bonchev–Trinajstić information content (AvgIpc) is 2.58. The van der Waals surface area contributed by atoms with Gasteiger partial charge in [-0.15, -0.1) is 0 Å². The molecule has 2 aromatic rings. The standard InChI is InChI=1S/C18H20BrClN4O2/c1-11-8-13(19)4-6-15(11)22-17(25)10-24(3)12(2)18(26)23-16-7-5-14(20)9-21-16/h4-9,12H,10H2,1-3H3,(H,22,25)(H,21,23,26)/t12-/m0/s1. The Labute approximate surface area is 166 Å². The molecular weight excluding hydrogens is 420 g/mol. The van der Waals surface area contributed by atoms with Gasteiger partial charge < -0.3 is 10.6 Å². The van der Waals surface area contributed by atoms with E-state index >= 15 is 0 Å². The molecule has 1 atom stereocenters. The number of aryl methyl sites for hydroxylation is 1. The molecule has 1 heterocycles. The maximum atomic E-state index is 12.3. The summed E-state index contributed by atoms with van der Waals surface area (Å²) in [6, 6.07) is 8.38. The number of nitrogens with zero attached hydrogens (tertiary/aromatic N) is 2. The quantitative estimate of drug-likeness (QED) is 0.720. The SMILES string of the molecule is Cc1cc(Br)ccc1NC(=O)CN(C)[C@@H](C)C(=O)Nc1ccc(Cl)cn1. The van der Waals surface area contributed by atoms with Gasteiger partial charge in [-0.05, 0) is 56.8 Å². The Bertz CT molecular complexity index is 798. The van der Waals surface area contributed by atoms with Crippen LogP contribution < -0.4 is 10.6 Å². The molecule has 1 aromatic heterocycles. The first-order chi connectivity index (χ1) is 12.3. The highest BCUT2D eigenvalue weighted by atomic mass is 79.9. The fourth-order valence-corrected chi connectivity index (χ4v) is 2.79. The first-order valence-corrected chi connectivity index (χ1v) is 9.12. The summed E-state index contributed by atoms with van der Waals surface area (Å²) >= 11 is 9.17. The minimum Gasteiger partial charge on any atom is -0.325 e. The van der Waals surface area contributed by atoms with Gasteiger partial charge in [-0.25, -0.2) is 4.98 Å². The average molecular weight is 440 g/mol. The molecule has 0 spiro atoms. The molecule has 0 saturated heterocycles. The minimum absolute atomic E-state index is 0.0815. The number of aromatic nitrogens is 1. The zero-order chi connectivity index (χ0) is 19.3. The van der Waals surface area contributed by atoms with E-state index in [4.69, 9.17) is 11.6 Å². The van der Waals surface area contributed by atoms with Crippen LogP contribution in [0.2, 0.25) is 5.02 Å². The lowest BCUT2D eigenvalue weighted by molar-refractivity contribution is -0.122. The number of anilines is 2. The lowest BCUT2D eigenvalue weighted by Gasteiger charge is -2.23. The number of halogens is 2. The van der Waals surface area contributed by atoms with Crippen molar-refractivity contribution in [2.24, 2.45) is 0 Å². The maximum Gasteiger partial charge on any atom is 0.242 e. The van der Waals surface area contributed by atoms with Crippen molar-refractivity contribution >= 4 is 50.9 Å². The number of amides is 2. The highest BCUT2D eigenvalue weighted by Gasteiger charge is 2.20. The van der Waals surface area contributed by atoms with Gasteiger partial charge in [0.2, 0.25) is 11.8 Å². The largest absolute Gasteiger partial charge is 0.325 e.